The molecule has 0 aliphatic carbocycles. The Hall–Kier alpha value is -1.59. The van der Waals surface area contributed by atoms with E-state index in [1.54, 1.807) is 0 Å². The summed E-state index contributed by atoms with van der Waals surface area (Å²) in [5, 5.41) is 18.4. The normalized spacial score (nSPS) is 12.3. The molecule has 0 aliphatic heterocycles. The highest BCUT2D eigenvalue weighted by molar-refractivity contribution is 5.67. The number of amides is 1. The minimum absolute atomic E-state index is 0.0368. The summed E-state index contributed by atoms with van der Waals surface area (Å²) in [7, 11) is 1.30. The monoisotopic (exact) mass is 281 g/mol. The van der Waals surface area contributed by atoms with Crippen molar-refractivity contribution in [1.29, 1.82) is 0 Å². The molecule has 0 saturated carbocycles. The molecule has 1 rings (SSSR count). The number of ether oxygens (including phenoxy) is 1. The molecule has 0 heterocycles. The zero-order valence-electron chi connectivity index (χ0n) is 12.2. The van der Waals surface area contributed by atoms with Gasteiger partial charge < -0.3 is 19.8 Å². The highest BCUT2D eigenvalue weighted by Gasteiger charge is 2.18. The maximum absolute atomic E-state index is 11.7. The van der Waals surface area contributed by atoms with Crippen LogP contribution in [0.5, 0.6) is 0 Å². The predicted octanol–water partition coefficient (Wildman–Crippen LogP) is 1.73. The van der Waals surface area contributed by atoms with Crippen molar-refractivity contribution in [2.45, 2.75) is 32.4 Å². The molecule has 1 aromatic rings. The van der Waals surface area contributed by atoms with Gasteiger partial charge in [0.1, 0.15) is 0 Å². The summed E-state index contributed by atoms with van der Waals surface area (Å²) in [5.74, 6) is 0.407. The first-order valence-electron chi connectivity index (χ1n) is 6.68. The number of aliphatic hydroxyl groups excluding tert-OH is 2. The van der Waals surface area contributed by atoms with Crippen LogP contribution in [0.2, 0.25) is 0 Å². The third-order valence-corrected chi connectivity index (χ3v) is 3.07. The lowest BCUT2D eigenvalue weighted by molar-refractivity contribution is 0.0504. The van der Waals surface area contributed by atoms with Gasteiger partial charge in [-0.25, -0.2) is 4.79 Å². The van der Waals surface area contributed by atoms with Crippen LogP contribution >= 0.6 is 0 Å². The van der Waals surface area contributed by atoms with Crippen LogP contribution in [0.3, 0.4) is 0 Å². The molecule has 0 fully saturated rings. The number of aliphatic hydroxyl groups is 2. The van der Waals surface area contributed by atoms with Gasteiger partial charge in [0.2, 0.25) is 0 Å². The average Bonchev–Trinajstić information content (AvgIpc) is 2.45. The molecule has 0 aliphatic rings. The number of benzene rings is 1. The van der Waals surface area contributed by atoms with Crippen LogP contribution in [0.4, 0.5) is 4.79 Å². The van der Waals surface area contributed by atoms with Gasteiger partial charge in [-0.2, -0.15) is 0 Å². The summed E-state index contributed by atoms with van der Waals surface area (Å²) in [5.41, 5.74) is 2.15. The zero-order valence-corrected chi connectivity index (χ0v) is 12.2. The Morgan fingerprint density at radius 3 is 2.65 bits per heavy atom. The summed E-state index contributed by atoms with van der Waals surface area (Å²) in [4.78, 5) is 13.1. The molecule has 0 bridgehead atoms. The molecule has 112 valence electrons. The van der Waals surface area contributed by atoms with Crippen molar-refractivity contribution in [3.8, 4) is 0 Å². The fourth-order valence-corrected chi connectivity index (χ4v) is 1.92. The topological polar surface area (TPSA) is 70.0 Å². The van der Waals surface area contributed by atoms with Crippen molar-refractivity contribution in [1.82, 2.24) is 4.90 Å². The van der Waals surface area contributed by atoms with E-state index in [4.69, 9.17) is 9.84 Å². The summed E-state index contributed by atoms with van der Waals surface area (Å²) < 4.78 is 4.70. The van der Waals surface area contributed by atoms with Crippen LogP contribution in [0.15, 0.2) is 24.3 Å². The molecule has 0 saturated heterocycles. The Morgan fingerprint density at radius 2 is 2.10 bits per heavy atom. The fraction of sp³-hybridized carbons (Fsp3) is 0.533. The van der Waals surface area contributed by atoms with Crippen LogP contribution in [-0.2, 0) is 11.3 Å². The third-order valence-electron chi connectivity index (χ3n) is 3.07. The number of methoxy groups -OCH3 is 1. The Morgan fingerprint density at radius 1 is 1.40 bits per heavy atom. The van der Waals surface area contributed by atoms with Crippen molar-refractivity contribution in [3.05, 3.63) is 35.4 Å². The lowest BCUT2D eigenvalue weighted by Crippen LogP contribution is -2.38. The molecule has 5 nitrogen and oxygen atoms in total. The fourth-order valence-electron chi connectivity index (χ4n) is 1.92. The van der Waals surface area contributed by atoms with E-state index in [1.165, 1.54) is 17.6 Å². The molecule has 1 amide bonds. The van der Waals surface area contributed by atoms with Gasteiger partial charge in [0.25, 0.3) is 0 Å². The minimum Gasteiger partial charge on any atom is -0.453 e. The maximum Gasteiger partial charge on any atom is 0.409 e. The number of hydrogen-bond donors (Lipinski definition) is 2. The van der Waals surface area contributed by atoms with Crippen molar-refractivity contribution in [2.75, 3.05) is 20.3 Å². The number of carbonyl (C=O) groups excluding carboxylic acids is 1. The Labute approximate surface area is 119 Å². The van der Waals surface area contributed by atoms with Crippen LogP contribution < -0.4 is 0 Å². The zero-order chi connectivity index (χ0) is 15.1. The number of nitrogens with zero attached hydrogens (tertiary/aromatic N) is 1. The van der Waals surface area contributed by atoms with Gasteiger partial charge in [-0.05, 0) is 17.0 Å². The largest absolute Gasteiger partial charge is 0.453 e. The van der Waals surface area contributed by atoms with Gasteiger partial charge in [0.15, 0.2) is 0 Å². The predicted molar refractivity (Wildman–Crippen MR) is 76.4 cm³/mol. The average molecular weight is 281 g/mol. The van der Waals surface area contributed by atoms with E-state index in [-0.39, 0.29) is 13.2 Å². The van der Waals surface area contributed by atoms with Gasteiger partial charge in [-0.3, -0.25) is 0 Å². The maximum atomic E-state index is 11.7. The van der Waals surface area contributed by atoms with Gasteiger partial charge in [-0.15, -0.1) is 0 Å². The first-order chi connectivity index (χ1) is 9.47. The lowest BCUT2D eigenvalue weighted by atomic mass is 10.0. The van der Waals surface area contributed by atoms with Crippen LogP contribution in [0.1, 0.15) is 30.9 Å². The van der Waals surface area contributed by atoms with Crippen molar-refractivity contribution >= 4 is 6.09 Å². The Kier molecular flexibility index (Phi) is 6.48. The lowest BCUT2D eigenvalue weighted by Gasteiger charge is -2.23. The first kappa shape index (κ1) is 16.5. The van der Waals surface area contributed by atoms with E-state index >= 15 is 0 Å². The van der Waals surface area contributed by atoms with Gasteiger partial charge in [0, 0.05) is 6.54 Å². The molecule has 0 radical (unpaired) electrons. The number of hydrogen-bond acceptors (Lipinski definition) is 4. The highest BCUT2D eigenvalue weighted by Crippen LogP contribution is 2.17. The van der Waals surface area contributed by atoms with E-state index in [0.717, 1.165) is 5.56 Å². The van der Waals surface area contributed by atoms with E-state index in [1.807, 2.05) is 24.3 Å². The van der Waals surface area contributed by atoms with Crippen molar-refractivity contribution < 1.29 is 19.7 Å². The molecule has 2 N–H and O–H groups in total. The van der Waals surface area contributed by atoms with Crippen LogP contribution in [-0.4, -0.2) is 47.6 Å². The third kappa shape index (κ3) is 4.83. The quantitative estimate of drug-likeness (QED) is 0.833. The van der Waals surface area contributed by atoms with E-state index in [2.05, 4.69) is 13.8 Å². The Balaban J connectivity index is 2.83. The smallest absolute Gasteiger partial charge is 0.409 e. The van der Waals surface area contributed by atoms with Crippen LogP contribution in [0, 0.1) is 0 Å². The van der Waals surface area contributed by atoms with Crippen molar-refractivity contribution in [3.63, 3.8) is 0 Å². The molecule has 0 unspecified atom stereocenters. The number of carbonyl (C=O) groups is 1. The standard InChI is InChI=1S/C15H23NO4/c1-11(2)13-6-4-5-12(7-13)8-16(15(19)20-3)9-14(18)10-17/h4-7,11,14,17-18H,8-10H2,1-3H3/t14-/m1/s1. The van der Waals surface area contributed by atoms with E-state index in [0.29, 0.717) is 12.5 Å². The molecule has 0 aromatic heterocycles. The Bertz CT molecular complexity index is 434. The van der Waals surface area contributed by atoms with Crippen LogP contribution in [0.25, 0.3) is 0 Å². The molecule has 1 aromatic carbocycles. The molecular weight excluding hydrogens is 258 g/mol. The van der Waals surface area contributed by atoms with Gasteiger partial charge >= 0.3 is 6.09 Å². The summed E-state index contributed by atoms with van der Waals surface area (Å²) in [6.45, 7) is 4.19. The molecule has 5 heteroatoms. The summed E-state index contributed by atoms with van der Waals surface area (Å²) in [6.07, 6.45) is -1.49. The molecule has 20 heavy (non-hydrogen) atoms. The SMILES string of the molecule is COC(=O)N(Cc1cccc(C(C)C)c1)C[C@@H](O)CO. The summed E-state index contributed by atoms with van der Waals surface area (Å²) in [6, 6.07) is 7.95. The molecular formula is C15H23NO4. The minimum atomic E-state index is -0.970. The second-order valence-electron chi connectivity index (χ2n) is 5.09. The second kappa shape index (κ2) is 7.87. The number of rotatable bonds is 6. The van der Waals surface area contributed by atoms with E-state index < -0.39 is 12.2 Å². The van der Waals surface area contributed by atoms with E-state index in [9.17, 15) is 9.90 Å². The van der Waals surface area contributed by atoms with Gasteiger partial charge in [-0.1, -0.05) is 38.1 Å². The second-order valence-corrected chi connectivity index (χ2v) is 5.09. The molecule has 1 atom stereocenters. The van der Waals surface area contributed by atoms with Gasteiger partial charge in [0.05, 0.1) is 26.4 Å². The molecule has 0 spiro atoms. The first-order valence-corrected chi connectivity index (χ1v) is 6.68. The highest BCUT2D eigenvalue weighted by atomic mass is 16.5. The summed E-state index contributed by atoms with van der Waals surface area (Å²) >= 11 is 0. The van der Waals surface area contributed by atoms with Crippen molar-refractivity contribution in [2.24, 2.45) is 0 Å².